The molecule has 0 spiro atoms. The predicted molar refractivity (Wildman–Crippen MR) is 111 cm³/mol. The second-order valence-electron chi connectivity index (χ2n) is 7.04. The summed E-state index contributed by atoms with van der Waals surface area (Å²) in [6, 6.07) is 11.4. The molecule has 0 aromatic heterocycles. The summed E-state index contributed by atoms with van der Waals surface area (Å²) in [5, 5.41) is 2.97. The van der Waals surface area contributed by atoms with Crippen LogP contribution < -0.4 is 24.3 Å². The Balaban J connectivity index is 1.44. The smallest absolute Gasteiger partial charge is 0.220 e. The summed E-state index contributed by atoms with van der Waals surface area (Å²) >= 11 is 0. The van der Waals surface area contributed by atoms with E-state index in [4.69, 9.17) is 18.9 Å². The van der Waals surface area contributed by atoms with Crippen LogP contribution in [0.2, 0.25) is 0 Å². The first-order valence-corrected chi connectivity index (χ1v) is 10.1. The molecule has 0 unspecified atom stereocenters. The van der Waals surface area contributed by atoms with Gasteiger partial charge in [-0.15, -0.1) is 0 Å². The molecule has 1 heterocycles. The Bertz CT molecular complexity index is 819. The number of fused-ring (bicyclic) bond motifs is 1. The van der Waals surface area contributed by atoms with E-state index in [1.165, 1.54) is 0 Å². The number of nitrogens with one attached hydrogen (secondary N) is 1. The molecule has 1 aliphatic rings. The Kier molecular flexibility index (Phi) is 7.22. The Morgan fingerprint density at radius 2 is 1.93 bits per heavy atom. The van der Waals surface area contributed by atoms with Crippen molar-refractivity contribution >= 4 is 5.91 Å². The Hall–Kier alpha value is -2.89. The van der Waals surface area contributed by atoms with E-state index < -0.39 is 0 Å². The number of amides is 1. The lowest BCUT2D eigenvalue weighted by Crippen LogP contribution is -2.23. The van der Waals surface area contributed by atoms with Crippen LogP contribution in [0, 0.1) is 0 Å². The topological polar surface area (TPSA) is 66.0 Å². The number of hydrogen-bond donors (Lipinski definition) is 1. The quantitative estimate of drug-likeness (QED) is 0.614. The summed E-state index contributed by atoms with van der Waals surface area (Å²) in [5.41, 5.74) is 2.09. The van der Waals surface area contributed by atoms with Crippen LogP contribution in [0.25, 0.3) is 0 Å². The molecule has 1 N–H and O–H groups in total. The molecule has 1 atom stereocenters. The van der Waals surface area contributed by atoms with Crippen molar-refractivity contribution in [2.45, 2.75) is 45.8 Å². The SMILES string of the molecule is CCOc1cc2c(cc1CNC(=O)CCCOc1ccc(OC)cc1)O[C@H](C)C2. The van der Waals surface area contributed by atoms with E-state index in [0.29, 0.717) is 32.6 Å². The number of rotatable bonds is 10. The van der Waals surface area contributed by atoms with Crippen molar-refractivity contribution in [2.75, 3.05) is 20.3 Å². The minimum Gasteiger partial charge on any atom is -0.497 e. The molecule has 3 rings (SSSR count). The molecule has 6 heteroatoms. The lowest BCUT2D eigenvalue weighted by Gasteiger charge is -2.13. The Morgan fingerprint density at radius 1 is 1.17 bits per heavy atom. The van der Waals surface area contributed by atoms with E-state index in [1.54, 1.807) is 7.11 Å². The lowest BCUT2D eigenvalue weighted by atomic mass is 10.1. The first kappa shape index (κ1) is 20.8. The van der Waals surface area contributed by atoms with Crippen LogP contribution in [0.5, 0.6) is 23.0 Å². The van der Waals surface area contributed by atoms with Gasteiger partial charge in [0.25, 0.3) is 0 Å². The minimum absolute atomic E-state index is 0.0134. The third-order valence-electron chi connectivity index (χ3n) is 4.73. The van der Waals surface area contributed by atoms with Gasteiger partial charge in [0.15, 0.2) is 0 Å². The maximum absolute atomic E-state index is 12.2. The number of hydrogen-bond acceptors (Lipinski definition) is 5. The van der Waals surface area contributed by atoms with Crippen LogP contribution in [-0.2, 0) is 17.8 Å². The average Bonchev–Trinajstić information content (AvgIpc) is 3.09. The molecule has 2 aromatic carbocycles. The summed E-state index contributed by atoms with van der Waals surface area (Å²) in [4.78, 5) is 12.2. The fourth-order valence-electron chi connectivity index (χ4n) is 3.29. The standard InChI is InChI=1S/C23H29NO5/c1-4-27-21-13-17-12-16(2)29-22(17)14-18(21)15-24-23(25)6-5-11-28-20-9-7-19(26-3)8-10-20/h7-10,13-14,16H,4-6,11-12,15H2,1-3H3,(H,24,25)/t16-/m1/s1. The summed E-state index contributed by atoms with van der Waals surface area (Å²) < 4.78 is 22.4. The van der Waals surface area contributed by atoms with E-state index >= 15 is 0 Å². The fourth-order valence-corrected chi connectivity index (χ4v) is 3.29. The molecule has 0 saturated heterocycles. The number of ether oxygens (including phenoxy) is 4. The van der Waals surface area contributed by atoms with Gasteiger partial charge in [0.2, 0.25) is 5.91 Å². The molecule has 6 nitrogen and oxygen atoms in total. The molecule has 0 bridgehead atoms. The highest BCUT2D eigenvalue weighted by atomic mass is 16.5. The largest absolute Gasteiger partial charge is 0.497 e. The Morgan fingerprint density at radius 3 is 2.66 bits per heavy atom. The molecule has 0 radical (unpaired) electrons. The first-order valence-electron chi connectivity index (χ1n) is 10.1. The molecule has 156 valence electrons. The molecule has 29 heavy (non-hydrogen) atoms. The van der Waals surface area contributed by atoms with Crippen molar-refractivity contribution < 1.29 is 23.7 Å². The van der Waals surface area contributed by atoms with E-state index in [0.717, 1.165) is 40.5 Å². The number of carbonyl (C=O) groups is 1. The third-order valence-corrected chi connectivity index (χ3v) is 4.73. The van der Waals surface area contributed by atoms with Gasteiger partial charge in [-0.1, -0.05) is 0 Å². The van der Waals surface area contributed by atoms with Crippen molar-refractivity contribution in [1.82, 2.24) is 5.32 Å². The number of benzene rings is 2. The van der Waals surface area contributed by atoms with Crippen LogP contribution in [0.1, 0.15) is 37.8 Å². The average molecular weight is 399 g/mol. The van der Waals surface area contributed by atoms with Gasteiger partial charge in [0, 0.05) is 30.5 Å². The van der Waals surface area contributed by atoms with Gasteiger partial charge >= 0.3 is 0 Å². The van der Waals surface area contributed by atoms with Gasteiger partial charge in [-0.3, -0.25) is 4.79 Å². The summed E-state index contributed by atoms with van der Waals surface area (Å²) in [5.74, 6) is 3.24. The molecular formula is C23H29NO5. The van der Waals surface area contributed by atoms with Gasteiger partial charge in [0.05, 0.1) is 20.3 Å². The van der Waals surface area contributed by atoms with Gasteiger partial charge in [-0.25, -0.2) is 0 Å². The predicted octanol–water partition coefficient (Wildman–Crippen LogP) is 3.89. The Labute approximate surface area is 172 Å². The fraction of sp³-hybridized carbons (Fsp3) is 0.435. The maximum Gasteiger partial charge on any atom is 0.220 e. The van der Waals surface area contributed by atoms with Gasteiger partial charge in [-0.05, 0) is 56.7 Å². The number of methoxy groups -OCH3 is 1. The molecule has 0 saturated carbocycles. The highest BCUT2D eigenvalue weighted by molar-refractivity contribution is 5.76. The van der Waals surface area contributed by atoms with Crippen LogP contribution in [0.4, 0.5) is 0 Å². The zero-order valence-electron chi connectivity index (χ0n) is 17.3. The van der Waals surface area contributed by atoms with Crippen molar-refractivity contribution in [1.29, 1.82) is 0 Å². The maximum atomic E-state index is 12.2. The molecule has 2 aromatic rings. The van der Waals surface area contributed by atoms with Crippen molar-refractivity contribution in [2.24, 2.45) is 0 Å². The van der Waals surface area contributed by atoms with E-state index in [-0.39, 0.29) is 12.0 Å². The summed E-state index contributed by atoms with van der Waals surface area (Å²) in [7, 11) is 1.63. The van der Waals surface area contributed by atoms with Crippen LogP contribution in [0.15, 0.2) is 36.4 Å². The van der Waals surface area contributed by atoms with Crippen LogP contribution in [0.3, 0.4) is 0 Å². The second-order valence-corrected chi connectivity index (χ2v) is 7.04. The first-order chi connectivity index (χ1) is 14.1. The highest BCUT2D eigenvalue weighted by Gasteiger charge is 2.22. The van der Waals surface area contributed by atoms with Crippen molar-refractivity contribution in [3.05, 3.63) is 47.5 Å². The van der Waals surface area contributed by atoms with Gasteiger partial charge < -0.3 is 24.3 Å². The summed E-state index contributed by atoms with van der Waals surface area (Å²) in [6.07, 6.45) is 2.10. The van der Waals surface area contributed by atoms with E-state index in [2.05, 4.69) is 12.2 Å². The van der Waals surface area contributed by atoms with Crippen LogP contribution >= 0.6 is 0 Å². The van der Waals surface area contributed by atoms with Crippen molar-refractivity contribution in [3.63, 3.8) is 0 Å². The molecule has 1 aliphatic heterocycles. The zero-order valence-corrected chi connectivity index (χ0v) is 17.3. The van der Waals surface area contributed by atoms with Gasteiger partial charge in [-0.2, -0.15) is 0 Å². The lowest BCUT2D eigenvalue weighted by molar-refractivity contribution is -0.121. The molecule has 0 fully saturated rings. The molecule has 0 aliphatic carbocycles. The zero-order chi connectivity index (χ0) is 20.6. The van der Waals surface area contributed by atoms with E-state index in [1.807, 2.05) is 43.3 Å². The monoisotopic (exact) mass is 399 g/mol. The third kappa shape index (κ3) is 5.79. The van der Waals surface area contributed by atoms with E-state index in [9.17, 15) is 4.79 Å². The normalized spacial score (nSPS) is 14.7. The van der Waals surface area contributed by atoms with Crippen LogP contribution in [-0.4, -0.2) is 32.3 Å². The number of carbonyl (C=O) groups excluding carboxylic acids is 1. The van der Waals surface area contributed by atoms with Gasteiger partial charge in [0.1, 0.15) is 29.1 Å². The highest BCUT2D eigenvalue weighted by Crippen LogP contribution is 2.35. The molecular weight excluding hydrogens is 370 g/mol. The molecule has 1 amide bonds. The second kappa shape index (κ2) is 10.0. The minimum atomic E-state index is -0.0134. The van der Waals surface area contributed by atoms with Crippen molar-refractivity contribution in [3.8, 4) is 23.0 Å². The summed E-state index contributed by atoms with van der Waals surface area (Å²) in [6.45, 7) is 5.49.